The number of nitrogens with two attached hydrogens (primary N) is 1. The van der Waals surface area contributed by atoms with Crippen LogP contribution >= 0.6 is 0 Å². The van der Waals surface area contributed by atoms with Crippen molar-refractivity contribution in [2.45, 2.75) is 13.3 Å². The van der Waals surface area contributed by atoms with Gasteiger partial charge in [0.1, 0.15) is 6.61 Å². The van der Waals surface area contributed by atoms with Gasteiger partial charge in [0.05, 0.1) is 13.2 Å². The summed E-state index contributed by atoms with van der Waals surface area (Å²) in [4.78, 5) is 14.5. The van der Waals surface area contributed by atoms with Crippen LogP contribution in [0, 0.1) is 0 Å². The van der Waals surface area contributed by atoms with Crippen molar-refractivity contribution in [2.75, 3.05) is 25.1 Å². The zero-order chi connectivity index (χ0) is 12.5. The highest BCUT2D eigenvalue weighted by molar-refractivity contribution is 5.64. The monoisotopic (exact) mass is 239 g/mol. The molecule has 0 spiro atoms. The van der Waals surface area contributed by atoms with Gasteiger partial charge in [-0.15, -0.1) is 0 Å². The second kappa shape index (κ2) is 7.32. The molecule has 1 amide bonds. The Hall–Kier alpha value is -1.98. The highest BCUT2D eigenvalue weighted by atomic mass is 16.5. The van der Waals surface area contributed by atoms with Crippen molar-refractivity contribution in [1.82, 2.24) is 4.98 Å². The second-order valence-electron chi connectivity index (χ2n) is 3.29. The number of carbonyl (C=O) groups is 1. The number of primary amides is 1. The average molecular weight is 239 g/mol. The molecule has 0 radical (unpaired) electrons. The summed E-state index contributed by atoms with van der Waals surface area (Å²) < 4.78 is 10.1. The molecule has 0 fully saturated rings. The van der Waals surface area contributed by atoms with E-state index in [1.165, 1.54) is 0 Å². The quantitative estimate of drug-likeness (QED) is 0.702. The minimum atomic E-state index is -0.782. The van der Waals surface area contributed by atoms with Crippen molar-refractivity contribution in [2.24, 2.45) is 5.73 Å². The molecule has 3 N–H and O–H groups in total. The van der Waals surface area contributed by atoms with Crippen LogP contribution in [0.15, 0.2) is 18.3 Å². The van der Waals surface area contributed by atoms with Gasteiger partial charge >= 0.3 is 6.09 Å². The molecule has 0 aliphatic heterocycles. The van der Waals surface area contributed by atoms with Crippen LogP contribution in [0.1, 0.15) is 13.3 Å². The van der Waals surface area contributed by atoms with E-state index < -0.39 is 6.09 Å². The minimum absolute atomic E-state index is 0.194. The van der Waals surface area contributed by atoms with Crippen LogP contribution < -0.4 is 15.8 Å². The van der Waals surface area contributed by atoms with Gasteiger partial charge in [-0.1, -0.05) is 6.92 Å². The molecule has 6 nitrogen and oxygen atoms in total. The number of nitrogens with one attached hydrogen (secondary N) is 1. The molecule has 1 aromatic rings. The Labute approximate surface area is 100 Å². The fourth-order valence-electron chi connectivity index (χ4n) is 1.17. The lowest BCUT2D eigenvalue weighted by Crippen LogP contribution is -2.18. The van der Waals surface area contributed by atoms with E-state index in [0.717, 1.165) is 6.42 Å². The van der Waals surface area contributed by atoms with Crippen LogP contribution in [0.25, 0.3) is 0 Å². The number of pyridine rings is 1. The molecule has 1 aromatic heterocycles. The molecule has 0 saturated carbocycles. The number of aromatic nitrogens is 1. The summed E-state index contributed by atoms with van der Waals surface area (Å²) in [7, 11) is 0. The van der Waals surface area contributed by atoms with Crippen LogP contribution in [0.3, 0.4) is 0 Å². The van der Waals surface area contributed by atoms with Gasteiger partial charge in [-0.3, -0.25) is 0 Å². The Balaban J connectivity index is 2.43. The number of rotatable bonds is 7. The zero-order valence-corrected chi connectivity index (χ0v) is 9.81. The summed E-state index contributed by atoms with van der Waals surface area (Å²) in [5, 5.41) is 3.01. The number of carbonyl (C=O) groups excluding carboxylic acids is 1. The lowest BCUT2D eigenvalue weighted by molar-refractivity contribution is 0.161. The van der Waals surface area contributed by atoms with Crippen LogP contribution in [0.4, 0.5) is 10.6 Å². The molecule has 17 heavy (non-hydrogen) atoms. The number of ether oxygens (including phenoxy) is 2. The maximum absolute atomic E-state index is 10.4. The molecule has 94 valence electrons. The molecule has 0 aliphatic rings. The van der Waals surface area contributed by atoms with Crippen molar-refractivity contribution < 1.29 is 14.3 Å². The lowest BCUT2D eigenvalue weighted by atomic mass is 10.4. The van der Waals surface area contributed by atoms with Gasteiger partial charge in [0.25, 0.3) is 0 Å². The van der Waals surface area contributed by atoms with E-state index in [1.807, 2.05) is 13.0 Å². The maximum atomic E-state index is 10.4. The number of amides is 1. The number of nitrogens with zero attached hydrogens (tertiary/aromatic N) is 1. The molecule has 0 atom stereocenters. The molecule has 0 aromatic carbocycles. The van der Waals surface area contributed by atoms with Crippen LogP contribution in [0.2, 0.25) is 0 Å². The molecule has 0 unspecified atom stereocenters. The third-order valence-electron chi connectivity index (χ3n) is 1.87. The van der Waals surface area contributed by atoms with Crippen molar-refractivity contribution in [3.8, 4) is 5.75 Å². The Morgan fingerprint density at radius 3 is 3.06 bits per heavy atom. The summed E-state index contributed by atoms with van der Waals surface area (Å²) in [6.07, 6.45) is 1.81. The smallest absolute Gasteiger partial charge is 0.404 e. The molecule has 6 heteroatoms. The number of hydrogen-bond acceptors (Lipinski definition) is 5. The fourth-order valence-corrected chi connectivity index (χ4v) is 1.17. The van der Waals surface area contributed by atoms with E-state index in [-0.39, 0.29) is 6.61 Å². The summed E-state index contributed by atoms with van der Waals surface area (Å²) in [6, 6.07) is 3.63. The van der Waals surface area contributed by atoms with Crippen LogP contribution in [-0.4, -0.2) is 30.8 Å². The Kier molecular flexibility index (Phi) is 5.63. The normalized spacial score (nSPS) is 9.71. The fraction of sp³-hybridized carbons (Fsp3) is 0.455. The van der Waals surface area contributed by atoms with Crippen LogP contribution in [-0.2, 0) is 4.74 Å². The van der Waals surface area contributed by atoms with E-state index in [1.54, 1.807) is 12.3 Å². The van der Waals surface area contributed by atoms with Gasteiger partial charge in [0, 0.05) is 6.20 Å². The summed E-state index contributed by atoms with van der Waals surface area (Å²) in [5.41, 5.74) is 4.84. The van der Waals surface area contributed by atoms with Crippen molar-refractivity contribution in [1.29, 1.82) is 0 Å². The first kappa shape index (κ1) is 13.1. The Morgan fingerprint density at radius 1 is 1.53 bits per heavy atom. The summed E-state index contributed by atoms with van der Waals surface area (Å²) >= 11 is 0. The minimum Gasteiger partial charge on any atom is -0.490 e. The molecule has 1 rings (SSSR count). The maximum Gasteiger partial charge on any atom is 0.404 e. The Bertz CT molecular complexity index is 358. The standard InChI is InChI=1S/C11H17N3O3/c1-2-7-16-9-4-3-5-13-10(9)14-6-8-17-11(12)15/h3-5H,2,6-8H2,1H3,(H2,12,15)(H,13,14). The van der Waals surface area contributed by atoms with Crippen molar-refractivity contribution in [3.05, 3.63) is 18.3 Å². The largest absolute Gasteiger partial charge is 0.490 e. The van der Waals surface area contributed by atoms with E-state index in [4.69, 9.17) is 10.5 Å². The van der Waals surface area contributed by atoms with Gasteiger partial charge in [-0.05, 0) is 18.6 Å². The predicted octanol–water partition coefficient (Wildman–Crippen LogP) is 1.38. The van der Waals surface area contributed by atoms with Gasteiger partial charge < -0.3 is 20.5 Å². The Morgan fingerprint density at radius 2 is 2.35 bits per heavy atom. The highest BCUT2D eigenvalue weighted by Gasteiger charge is 2.03. The third-order valence-corrected chi connectivity index (χ3v) is 1.87. The first-order valence-corrected chi connectivity index (χ1v) is 5.48. The first-order chi connectivity index (χ1) is 8.24. The second-order valence-corrected chi connectivity index (χ2v) is 3.29. The molecule has 0 saturated heterocycles. The molecular weight excluding hydrogens is 222 g/mol. The lowest BCUT2D eigenvalue weighted by Gasteiger charge is -2.11. The number of hydrogen-bond donors (Lipinski definition) is 2. The molecule has 1 heterocycles. The molecular formula is C11H17N3O3. The summed E-state index contributed by atoms with van der Waals surface area (Å²) in [5.74, 6) is 1.32. The summed E-state index contributed by atoms with van der Waals surface area (Å²) in [6.45, 7) is 3.30. The third kappa shape index (κ3) is 5.05. The van der Waals surface area contributed by atoms with Crippen LogP contribution in [0.5, 0.6) is 5.75 Å². The zero-order valence-electron chi connectivity index (χ0n) is 9.81. The van der Waals surface area contributed by atoms with Crippen molar-refractivity contribution in [3.63, 3.8) is 0 Å². The van der Waals surface area contributed by atoms with E-state index in [9.17, 15) is 4.79 Å². The highest BCUT2D eigenvalue weighted by Crippen LogP contribution is 2.20. The number of anilines is 1. The first-order valence-electron chi connectivity index (χ1n) is 5.48. The van der Waals surface area contributed by atoms with Crippen molar-refractivity contribution >= 4 is 11.9 Å². The topological polar surface area (TPSA) is 86.5 Å². The molecule has 0 aliphatic carbocycles. The predicted molar refractivity (Wildman–Crippen MR) is 64.0 cm³/mol. The SMILES string of the molecule is CCCOc1cccnc1NCCOC(N)=O. The van der Waals surface area contributed by atoms with E-state index in [0.29, 0.717) is 24.7 Å². The average Bonchev–Trinajstić information content (AvgIpc) is 2.33. The van der Waals surface area contributed by atoms with Gasteiger partial charge in [0.2, 0.25) is 0 Å². The molecule has 0 bridgehead atoms. The van der Waals surface area contributed by atoms with Gasteiger partial charge in [-0.25, -0.2) is 9.78 Å². The van der Waals surface area contributed by atoms with Gasteiger partial charge in [-0.2, -0.15) is 0 Å². The van der Waals surface area contributed by atoms with E-state index in [2.05, 4.69) is 15.0 Å². The van der Waals surface area contributed by atoms with Gasteiger partial charge in [0.15, 0.2) is 11.6 Å². The van der Waals surface area contributed by atoms with E-state index >= 15 is 0 Å².